The van der Waals surface area contributed by atoms with E-state index in [0.717, 1.165) is 0 Å². The van der Waals surface area contributed by atoms with Crippen LogP contribution in [0.3, 0.4) is 0 Å². The first-order chi connectivity index (χ1) is 5.04. The van der Waals surface area contributed by atoms with Crippen molar-refractivity contribution < 1.29 is 9.53 Å². The molecule has 0 bridgehead atoms. The summed E-state index contributed by atoms with van der Waals surface area (Å²) in [5, 5.41) is 0. The average molecular weight is 156 g/mol. The molecule has 0 aromatic heterocycles. The Morgan fingerprint density at radius 3 is 2.27 bits per heavy atom. The molecule has 0 fully saturated rings. The SMILES string of the molecule is CC1OC(N)=C(C(N)=O)C1C. The van der Waals surface area contributed by atoms with Gasteiger partial charge in [-0.25, -0.2) is 0 Å². The molecule has 1 aliphatic heterocycles. The van der Waals surface area contributed by atoms with Gasteiger partial charge in [-0.1, -0.05) is 6.92 Å². The van der Waals surface area contributed by atoms with E-state index in [4.69, 9.17) is 16.2 Å². The second kappa shape index (κ2) is 2.45. The molecule has 0 saturated carbocycles. The molecule has 1 aliphatic rings. The number of rotatable bonds is 1. The van der Waals surface area contributed by atoms with Crippen LogP contribution in [0.5, 0.6) is 0 Å². The summed E-state index contributed by atoms with van der Waals surface area (Å²) in [5.41, 5.74) is 10.9. The first kappa shape index (κ1) is 7.91. The summed E-state index contributed by atoms with van der Waals surface area (Å²) in [5.74, 6) is -0.302. The molecule has 0 saturated heterocycles. The number of primary amides is 1. The van der Waals surface area contributed by atoms with Crippen LogP contribution in [-0.4, -0.2) is 12.0 Å². The van der Waals surface area contributed by atoms with Crippen LogP contribution in [-0.2, 0) is 9.53 Å². The Bertz CT molecular complexity index is 222. The third-order valence-electron chi connectivity index (χ3n) is 2.00. The fourth-order valence-electron chi connectivity index (χ4n) is 1.17. The summed E-state index contributed by atoms with van der Waals surface area (Å²) in [6.07, 6.45) is -0.0440. The standard InChI is InChI=1S/C7H12N2O2/c1-3-4(2)11-7(9)5(3)6(8)10/h3-4H,9H2,1-2H3,(H2,8,10). The molecule has 0 aromatic rings. The molecule has 0 aliphatic carbocycles. The van der Waals surface area contributed by atoms with Gasteiger partial charge in [0.05, 0.1) is 5.57 Å². The van der Waals surface area contributed by atoms with Crippen molar-refractivity contribution >= 4 is 5.91 Å². The second-order valence-corrected chi connectivity index (χ2v) is 2.75. The maximum absolute atomic E-state index is 10.8. The van der Waals surface area contributed by atoms with Crippen molar-refractivity contribution in [1.82, 2.24) is 0 Å². The van der Waals surface area contributed by atoms with E-state index in [0.29, 0.717) is 5.57 Å². The minimum atomic E-state index is -0.487. The fourth-order valence-corrected chi connectivity index (χ4v) is 1.17. The lowest BCUT2D eigenvalue weighted by atomic mass is 9.98. The zero-order chi connectivity index (χ0) is 8.59. The highest BCUT2D eigenvalue weighted by atomic mass is 16.5. The molecule has 1 rings (SSSR count). The summed E-state index contributed by atoms with van der Waals surface area (Å²) in [6.45, 7) is 3.72. The van der Waals surface area contributed by atoms with E-state index in [-0.39, 0.29) is 17.9 Å². The van der Waals surface area contributed by atoms with Crippen LogP contribution >= 0.6 is 0 Å². The Kier molecular flexibility index (Phi) is 1.76. The van der Waals surface area contributed by atoms with Gasteiger partial charge in [0.2, 0.25) is 5.91 Å². The minimum absolute atomic E-state index is 0.00694. The normalized spacial score (nSPS) is 30.4. The molecule has 4 heteroatoms. The Balaban J connectivity index is 2.91. The van der Waals surface area contributed by atoms with Gasteiger partial charge in [-0.3, -0.25) is 4.79 Å². The molecule has 2 unspecified atom stereocenters. The van der Waals surface area contributed by atoms with Gasteiger partial charge in [0, 0.05) is 5.92 Å². The molecule has 4 N–H and O–H groups in total. The fraction of sp³-hybridized carbons (Fsp3) is 0.571. The predicted molar refractivity (Wildman–Crippen MR) is 40.1 cm³/mol. The molecule has 4 nitrogen and oxygen atoms in total. The van der Waals surface area contributed by atoms with E-state index in [2.05, 4.69) is 0 Å². The number of hydrogen-bond acceptors (Lipinski definition) is 3. The molecule has 0 radical (unpaired) electrons. The molecule has 0 aromatic carbocycles. The van der Waals surface area contributed by atoms with Crippen LogP contribution in [0.15, 0.2) is 11.5 Å². The molecule has 1 amide bonds. The van der Waals surface area contributed by atoms with Gasteiger partial charge in [0.15, 0.2) is 5.88 Å². The highest BCUT2D eigenvalue weighted by Crippen LogP contribution is 2.27. The largest absolute Gasteiger partial charge is 0.475 e. The van der Waals surface area contributed by atoms with Crippen molar-refractivity contribution in [3.63, 3.8) is 0 Å². The average Bonchev–Trinajstić information content (AvgIpc) is 2.07. The van der Waals surface area contributed by atoms with Crippen LogP contribution in [0.4, 0.5) is 0 Å². The molecule has 0 spiro atoms. The van der Waals surface area contributed by atoms with Gasteiger partial charge in [0.1, 0.15) is 6.10 Å². The number of carbonyl (C=O) groups excluding carboxylic acids is 1. The Morgan fingerprint density at radius 1 is 1.55 bits per heavy atom. The zero-order valence-electron chi connectivity index (χ0n) is 6.63. The highest BCUT2D eigenvalue weighted by molar-refractivity contribution is 5.93. The lowest BCUT2D eigenvalue weighted by molar-refractivity contribution is -0.115. The van der Waals surface area contributed by atoms with E-state index in [1.807, 2.05) is 13.8 Å². The van der Waals surface area contributed by atoms with Gasteiger partial charge in [-0.05, 0) is 6.92 Å². The molecular formula is C7H12N2O2. The summed E-state index contributed by atoms with van der Waals surface area (Å²) >= 11 is 0. The van der Waals surface area contributed by atoms with Crippen molar-refractivity contribution in [2.24, 2.45) is 17.4 Å². The molecule has 62 valence electrons. The van der Waals surface area contributed by atoms with Crippen LogP contribution in [0, 0.1) is 5.92 Å². The first-order valence-corrected chi connectivity index (χ1v) is 3.50. The zero-order valence-corrected chi connectivity index (χ0v) is 6.63. The first-order valence-electron chi connectivity index (χ1n) is 3.50. The lowest BCUT2D eigenvalue weighted by Gasteiger charge is -2.08. The summed E-state index contributed by atoms with van der Waals surface area (Å²) in [4.78, 5) is 10.8. The maximum atomic E-state index is 10.8. The Labute approximate surface area is 65.2 Å². The third kappa shape index (κ3) is 1.15. The second-order valence-electron chi connectivity index (χ2n) is 2.75. The third-order valence-corrected chi connectivity index (χ3v) is 2.00. The number of hydrogen-bond donors (Lipinski definition) is 2. The van der Waals surface area contributed by atoms with Crippen molar-refractivity contribution in [1.29, 1.82) is 0 Å². The minimum Gasteiger partial charge on any atom is -0.475 e. The van der Waals surface area contributed by atoms with Crippen molar-refractivity contribution in [3.05, 3.63) is 11.5 Å². The van der Waals surface area contributed by atoms with Crippen molar-refractivity contribution in [3.8, 4) is 0 Å². The van der Waals surface area contributed by atoms with E-state index >= 15 is 0 Å². The van der Waals surface area contributed by atoms with E-state index in [9.17, 15) is 4.79 Å². The summed E-state index contributed by atoms with van der Waals surface area (Å²) in [7, 11) is 0. The van der Waals surface area contributed by atoms with Gasteiger partial charge in [-0.15, -0.1) is 0 Å². The number of carbonyl (C=O) groups is 1. The molecule has 11 heavy (non-hydrogen) atoms. The van der Waals surface area contributed by atoms with Gasteiger partial charge < -0.3 is 16.2 Å². The van der Waals surface area contributed by atoms with Gasteiger partial charge in [-0.2, -0.15) is 0 Å². The lowest BCUT2D eigenvalue weighted by Crippen LogP contribution is -2.21. The molecule has 1 heterocycles. The van der Waals surface area contributed by atoms with E-state index < -0.39 is 5.91 Å². The number of amides is 1. The van der Waals surface area contributed by atoms with Crippen LogP contribution < -0.4 is 11.5 Å². The van der Waals surface area contributed by atoms with Crippen LogP contribution in [0.2, 0.25) is 0 Å². The van der Waals surface area contributed by atoms with Crippen molar-refractivity contribution in [2.75, 3.05) is 0 Å². The molecule has 2 atom stereocenters. The van der Waals surface area contributed by atoms with Crippen LogP contribution in [0.25, 0.3) is 0 Å². The highest BCUT2D eigenvalue weighted by Gasteiger charge is 2.32. The monoisotopic (exact) mass is 156 g/mol. The summed E-state index contributed by atoms with van der Waals surface area (Å²) < 4.78 is 5.10. The van der Waals surface area contributed by atoms with Gasteiger partial charge in [0.25, 0.3) is 0 Å². The maximum Gasteiger partial charge on any atom is 0.250 e. The Hall–Kier alpha value is -1.19. The summed E-state index contributed by atoms with van der Waals surface area (Å²) in [6, 6.07) is 0. The number of nitrogens with two attached hydrogens (primary N) is 2. The quantitative estimate of drug-likeness (QED) is 0.547. The smallest absolute Gasteiger partial charge is 0.250 e. The topological polar surface area (TPSA) is 78.3 Å². The number of ether oxygens (including phenoxy) is 1. The van der Waals surface area contributed by atoms with Crippen molar-refractivity contribution in [2.45, 2.75) is 20.0 Å². The Morgan fingerprint density at radius 2 is 2.09 bits per heavy atom. The van der Waals surface area contributed by atoms with Gasteiger partial charge >= 0.3 is 0 Å². The van der Waals surface area contributed by atoms with Crippen LogP contribution in [0.1, 0.15) is 13.8 Å². The van der Waals surface area contributed by atoms with E-state index in [1.165, 1.54) is 0 Å². The van der Waals surface area contributed by atoms with E-state index in [1.54, 1.807) is 0 Å². The predicted octanol–water partition coefficient (Wildman–Crippen LogP) is -0.303. The molecular weight excluding hydrogens is 144 g/mol.